The third kappa shape index (κ3) is 5.87. The van der Waals surface area contributed by atoms with E-state index in [1.165, 1.54) is 33.5 Å². The van der Waals surface area contributed by atoms with Crippen LogP contribution in [-0.4, -0.2) is 87.2 Å². The number of esters is 2. The third-order valence-electron chi connectivity index (χ3n) is 9.09. The van der Waals surface area contributed by atoms with Crippen LogP contribution in [0, 0.1) is 11.8 Å². The molecule has 1 aromatic rings. The second-order valence-electron chi connectivity index (χ2n) is 11.3. The van der Waals surface area contributed by atoms with Crippen LogP contribution < -0.4 is 10.6 Å². The summed E-state index contributed by atoms with van der Waals surface area (Å²) in [6, 6.07) is 5.56. The number of piperidine rings is 1. The fourth-order valence-electron chi connectivity index (χ4n) is 7.24. The molecule has 3 fully saturated rings. The average molecular weight is 606 g/mol. The number of hydrogen-bond acceptors (Lipinski definition) is 8. The summed E-state index contributed by atoms with van der Waals surface area (Å²) in [6.45, 7) is 6.79. The van der Waals surface area contributed by atoms with Crippen LogP contribution in [0.5, 0.6) is 0 Å². The van der Waals surface area contributed by atoms with Crippen LogP contribution >= 0.6 is 23.2 Å². The summed E-state index contributed by atoms with van der Waals surface area (Å²) in [5.41, 5.74) is 1.49. The number of ether oxygens (including phenoxy) is 2. The average Bonchev–Trinajstić information content (AvgIpc) is 2.96. The molecule has 2 bridgehead atoms. The van der Waals surface area contributed by atoms with Gasteiger partial charge in [-0.3, -0.25) is 9.69 Å². The largest absolute Gasteiger partial charge is 0.466 e. The van der Waals surface area contributed by atoms with Gasteiger partial charge >= 0.3 is 11.9 Å². The van der Waals surface area contributed by atoms with Gasteiger partial charge in [-0.15, -0.1) is 0 Å². The zero-order valence-corrected chi connectivity index (χ0v) is 25.3. The Morgan fingerprint density at radius 3 is 2.10 bits per heavy atom. The molecule has 1 amide bonds. The molecule has 9 nitrogen and oxygen atoms in total. The minimum Gasteiger partial charge on any atom is -0.466 e. The summed E-state index contributed by atoms with van der Waals surface area (Å²) < 4.78 is 10.2. The molecule has 1 saturated carbocycles. The lowest BCUT2D eigenvalue weighted by atomic mass is 9.73. The van der Waals surface area contributed by atoms with Crippen molar-refractivity contribution in [3.63, 3.8) is 0 Å². The number of amides is 1. The molecule has 4 aliphatic rings. The molecule has 3 atom stereocenters. The van der Waals surface area contributed by atoms with Gasteiger partial charge in [-0.2, -0.15) is 0 Å². The van der Waals surface area contributed by atoms with Gasteiger partial charge in [0.15, 0.2) is 0 Å². The quantitative estimate of drug-likeness (QED) is 0.476. The number of halogens is 2. The van der Waals surface area contributed by atoms with Crippen molar-refractivity contribution in [3.05, 3.63) is 56.3 Å². The fourth-order valence-corrected chi connectivity index (χ4v) is 7.86. The van der Waals surface area contributed by atoms with Gasteiger partial charge in [-0.05, 0) is 56.8 Å². The van der Waals surface area contributed by atoms with Gasteiger partial charge in [-0.1, -0.05) is 35.7 Å². The van der Waals surface area contributed by atoms with Crippen molar-refractivity contribution in [1.29, 1.82) is 0 Å². The second-order valence-corrected chi connectivity index (χ2v) is 12.1. The standard InChI is InChI=1S/C30H38Cl2N4O5/c1-17-24(29(38)40-2)27(25-20(31)8-5-9-21(25)32)26(30(39)41-3)22(34-17)14-23(37)35-10-12-36(13-11-35)28-18-6-4-7-19(28)16-33-15-18/h5,8-9,18-19,27-28,33-34H,4,6-7,10-16H2,1-3H3. The third-order valence-corrected chi connectivity index (χ3v) is 9.75. The molecule has 3 unspecified atom stereocenters. The molecule has 0 spiro atoms. The summed E-state index contributed by atoms with van der Waals surface area (Å²) in [5.74, 6) is -1.04. The van der Waals surface area contributed by atoms with E-state index in [1.807, 2.05) is 4.90 Å². The van der Waals surface area contributed by atoms with Gasteiger partial charge in [0.2, 0.25) is 5.91 Å². The summed E-state index contributed by atoms with van der Waals surface area (Å²) in [6.07, 6.45) is 3.77. The summed E-state index contributed by atoms with van der Waals surface area (Å²) in [7, 11) is 2.53. The van der Waals surface area contributed by atoms with E-state index in [4.69, 9.17) is 32.7 Å². The first-order chi connectivity index (χ1) is 19.7. The lowest BCUT2D eigenvalue weighted by Crippen LogP contribution is -2.61. The summed E-state index contributed by atoms with van der Waals surface area (Å²) in [4.78, 5) is 44.4. The SMILES string of the molecule is COC(=O)C1=C(C)NC(CC(=O)N2CCN(C3C4CCCC3CNC4)CC2)=C(C(=O)OC)C1c1c(Cl)cccc1Cl. The van der Waals surface area contributed by atoms with E-state index in [0.717, 1.165) is 26.2 Å². The zero-order valence-electron chi connectivity index (χ0n) is 23.8. The van der Waals surface area contributed by atoms with E-state index >= 15 is 0 Å². The van der Waals surface area contributed by atoms with E-state index in [9.17, 15) is 14.4 Å². The first-order valence-corrected chi connectivity index (χ1v) is 15.0. The van der Waals surface area contributed by atoms with Crippen molar-refractivity contribution in [3.8, 4) is 0 Å². The maximum absolute atomic E-state index is 13.7. The van der Waals surface area contributed by atoms with Crippen molar-refractivity contribution in [2.24, 2.45) is 11.8 Å². The van der Waals surface area contributed by atoms with Crippen molar-refractivity contribution in [2.45, 2.75) is 44.6 Å². The number of nitrogens with zero attached hydrogens (tertiary/aromatic N) is 2. The Labute approximate surface area is 251 Å². The van der Waals surface area contributed by atoms with Crippen LogP contribution in [0.2, 0.25) is 10.0 Å². The number of allylic oxidation sites excluding steroid dienone is 1. The number of nitrogens with one attached hydrogen (secondary N) is 2. The highest BCUT2D eigenvalue weighted by Gasteiger charge is 2.43. The molecule has 0 radical (unpaired) electrons. The van der Waals surface area contributed by atoms with Gasteiger partial charge in [0.25, 0.3) is 0 Å². The normalized spacial score (nSPS) is 26.9. The molecule has 2 N–H and O–H groups in total. The van der Waals surface area contributed by atoms with Crippen LogP contribution in [0.25, 0.3) is 0 Å². The number of rotatable bonds is 6. The van der Waals surface area contributed by atoms with E-state index in [-0.39, 0.29) is 33.5 Å². The summed E-state index contributed by atoms with van der Waals surface area (Å²) >= 11 is 13.2. The van der Waals surface area contributed by atoms with Crippen LogP contribution in [-0.2, 0) is 23.9 Å². The highest BCUT2D eigenvalue weighted by Crippen LogP contribution is 2.45. The minimum atomic E-state index is -0.976. The Kier molecular flexibility index (Phi) is 9.28. The van der Waals surface area contributed by atoms with E-state index in [0.29, 0.717) is 47.9 Å². The van der Waals surface area contributed by atoms with Crippen LogP contribution in [0.1, 0.15) is 44.1 Å². The molecule has 41 heavy (non-hydrogen) atoms. The number of carbonyl (C=O) groups excluding carboxylic acids is 3. The first kappa shape index (κ1) is 29.9. The number of piperazine rings is 1. The van der Waals surface area contributed by atoms with E-state index in [2.05, 4.69) is 15.5 Å². The molecular formula is C30H38Cl2N4O5. The smallest absolute Gasteiger partial charge is 0.336 e. The van der Waals surface area contributed by atoms with Crippen molar-refractivity contribution >= 4 is 41.0 Å². The molecule has 3 heterocycles. The van der Waals surface area contributed by atoms with Crippen LogP contribution in [0.15, 0.2) is 40.7 Å². The molecule has 11 heteroatoms. The lowest BCUT2D eigenvalue weighted by Gasteiger charge is -2.50. The van der Waals surface area contributed by atoms with Crippen molar-refractivity contribution in [1.82, 2.24) is 20.4 Å². The number of methoxy groups -OCH3 is 2. The predicted molar refractivity (Wildman–Crippen MR) is 156 cm³/mol. The Balaban J connectivity index is 1.40. The lowest BCUT2D eigenvalue weighted by molar-refractivity contribution is -0.137. The monoisotopic (exact) mass is 604 g/mol. The van der Waals surface area contributed by atoms with Gasteiger partial charge in [0.1, 0.15) is 0 Å². The van der Waals surface area contributed by atoms with Gasteiger partial charge < -0.3 is 25.0 Å². The number of hydrogen-bond donors (Lipinski definition) is 2. The number of benzene rings is 1. The molecule has 2 saturated heterocycles. The highest BCUT2D eigenvalue weighted by molar-refractivity contribution is 6.36. The van der Waals surface area contributed by atoms with Crippen molar-refractivity contribution in [2.75, 3.05) is 53.5 Å². The molecule has 1 aliphatic carbocycles. The maximum Gasteiger partial charge on any atom is 0.336 e. The number of carbonyl (C=O) groups is 3. The van der Waals surface area contributed by atoms with E-state index in [1.54, 1.807) is 25.1 Å². The van der Waals surface area contributed by atoms with Gasteiger partial charge in [0.05, 0.1) is 37.7 Å². The zero-order chi connectivity index (χ0) is 29.3. The van der Waals surface area contributed by atoms with Gasteiger partial charge in [0, 0.05) is 59.2 Å². The highest BCUT2D eigenvalue weighted by atomic mass is 35.5. The van der Waals surface area contributed by atoms with Gasteiger partial charge in [-0.25, -0.2) is 9.59 Å². The molecule has 1 aromatic carbocycles. The number of dihydropyridines is 1. The van der Waals surface area contributed by atoms with E-state index < -0.39 is 17.9 Å². The fraction of sp³-hybridized carbons (Fsp3) is 0.567. The molecular weight excluding hydrogens is 567 g/mol. The molecule has 222 valence electrons. The molecule has 5 rings (SSSR count). The Hall–Kier alpha value is -2.59. The second kappa shape index (κ2) is 12.7. The minimum absolute atomic E-state index is 0.0621. The van der Waals surface area contributed by atoms with Crippen LogP contribution in [0.4, 0.5) is 0 Å². The topological polar surface area (TPSA) is 100 Å². The maximum atomic E-state index is 13.7. The molecule has 3 aliphatic heterocycles. The van der Waals surface area contributed by atoms with Crippen LogP contribution in [0.3, 0.4) is 0 Å². The Morgan fingerprint density at radius 1 is 0.927 bits per heavy atom. The Morgan fingerprint density at radius 2 is 1.51 bits per heavy atom. The first-order valence-electron chi connectivity index (χ1n) is 14.3. The summed E-state index contributed by atoms with van der Waals surface area (Å²) in [5, 5.41) is 7.31. The Bertz CT molecular complexity index is 1230. The number of fused-ring (bicyclic) bond motifs is 2. The van der Waals surface area contributed by atoms with Crippen molar-refractivity contribution < 1.29 is 23.9 Å². The predicted octanol–water partition coefficient (Wildman–Crippen LogP) is 3.48. The molecule has 0 aromatic heterocycles.